The average molecular weight is 280 g/mol. The number of benzene rings is 1. The molecule has 0 amide bonds. The van der Waals surface area contributed by atoms with E-state index in [9.17, 15) is 8.42 Å². The first kappa shape index (κ1) is 12.9. The van der Waals surface area contributed by atoms with Gasteiger partial charge in [0.1, 0.15) is 0 Å². The second kappa shape index (κ2) is 4.80. The number of hydrogen-bond donors (Lipinski definition) is 1. The summed E-state index contributed by atoms with van der Waals surface area (Å²) in [4.78, 5) is 2.91. The molecule has 3 rings (SSSR count). The molecule has 0 aliphatic carbocycles. The molecule has 2 heterocycles. The maximum Gasteiger partial charge on any atom is 0.175 e. The zero-order valence-corrected chi connectivity index (χ0v) is 12.0. The van der Waals surface area contributed by atoms with Gasteiger partial charge in [-0.1, -0.05) is 0 Å². The van der Waals surface area contributed by atoms with Crippen LogP contribution in [0, 0.1) is 5.92 Å². The molecule has 2 aliphatic rings. The zero-order chi connectivity index (χ0) is 13.5. The number of anilines is 1. The maximum absolute atomic E-state index is 11.4. The number of nitrogens with one attached hydrogen (secondary N) is 1. The Balaban J connectivity index is 1.70. The van der Waals surface area contributed by atoms with Crippen LogP contribution in [0.1, 0.15) is 12.8 Å². The summed E-state index contributed by atoms with van der Waals surface area (Å²) in [5.41, 5.74) is 1.03. The summed E-state index contributed by atoms with van der Waals surface area (Å²) in [5.74, 6) is 0.739. The highest BCUT2D eigenvalue weighted by molar-refractivity contribution is 7.90. The van der Waals surface area contributed by atoms with Crippen LogP contribution in [0.5, 0.6) is 0 Å². The van der Waals surface area contributed by atoms with E-state index in [2.05, 4.69) is 10.2 Å². The Hall–Kier alpha value is -1.07. The van der Waals surface area contributed by atoms with Gasteiger partial charge in [-0.3, -0.25) is 0 Å². The summed E-state index contributed by atoms with van der Waals surface area (Å²) in [7, 11) is -3.10. The highest BCUT2D eigenvalue weighted by Gasteiger charge is 2.33. The van der Waals surface area contributed by atoms with Gasteiger partial charge in [0.2, 0.25) is 0 Å². The van der Waals surface area contributed by atoms with E-state index in [0.29, 0.717) is 10.9 Å². The maximum atomic E-state index is 11.4. The number of fused-ring (bicyclic) bond motifs is 2. The zero-order valence-electron chi connectivity index (χ0n) is 11.2. The molecule has 2 aliphatic heterocycles. The van der Waals surface area contributed by atoms with E-state index in [-0.39, 0.29) is 0 Å². The molecule has 1 aromatic carbocycles. The Morgan fingerprint density at radius 1 is 1.16 bits per heavy atom. The molecule has 2 saturated heterocycles. The summed E-state index contributed by atoms with van der Waals surface area (Å²) in [6.07, 6.45) is 3.70. The lowest BCUT2D eigenvalue weighted by molar-refractivity contribution is 0.255. The Labute approximate surface area is 114 Å². The van der Waals surface area contributed by atoms with Crippen molar-refractivity contribution in [2.24, 2.45) is 5.92 Å². The molecule has 4 nitrogen and oxygen atoms in total. The summed E-state index contributed by atoms with van der Waals surface area (Å²) >= 11 is 0. The minimum Gasteiger partial charge on any atom is -0.382 e. The van der Waals surface area contributed by atoms with Crippen molar-refractivity contribution in [2.45, 2.75) is 23.8 Å². The third kappa shape index (κ3) is 2.77. The van der Waals surface area contributed by atoms with E-state index in [4.69, 9.17) is 0 Å². The second-order valence-corrected chi connectivity index (χ2v) is 7.70. The number of sulfone groups is 1. The minimum atomic E-state index is -3.10. The Morgan fingerprint density at radius 2 is 1.84 bits per heavy atom. The van der Waals surface area contributed by atoms with Crippen molar-refractivity contribution in [2.75, 3.05) is 31.2 Å². The van der Waals surface area contributed by atoms with Gasteiger partial charge in [0.15, 0.2) is 9.84 Å². The minimum absolute atomic E-state index is 0.383. The third-order valence-corrected chi connectivity index (χ3v) is 5.40. The van der Waals surface area contributed by atoms with Crippen LogP contribution in [0.3, 0.4) is 0 Å². The predicted octanol–water partition coefficient (Wildman–Crippen LogP) is 1.60. The monoisotopic (exact) mass is 280 g/mol. The summed E-state index contributed by atoms with van der Waals surface area (Å²) < 4.78 is 22.8. The third-order valence-electron chi connectivity index (χ3n) is 4.27. The molecule has 2 bridgehead atoms. The lowest BCUT2D eigenvalue weighted by Gasteiger charge is -2.31. The van der Waals surface area contributed by atoms with E-state index in [1.54, 1.807) is 12.1 Å². The van der Waals surface area contributed by atoms with Crippen molar-refractivity contribution in [1.29, 1.82) is 0 Å². The highest BCUT2D eigenvalue weighted by atomic mass is 32.2. The number of rotatable bonds is 3. The predicted molar refractivity (Wildman–Crippen MR) is 76.1 cm³/mol. The van der Waals surface area contributed by atoms with Gasteiger partial charge in [0.25, 0.3) is 0 Å². The van der Waals surface area contributed by atoms with E-state index < -0.39 is 9.84 Å². The highest BCUT2D eigenvalue weighted by Crippen LogP contribution is 2.29. The molecule has 3 unspecified atom stereocenters. The summed E-state index contributed by atoms with van der Waals surface area (Å²) in [5, 5.41) is 3.57. The molecule has 104 valence electrons. The average Bonchev–Trinajstić information content (AvgIpc) is 2.75. The van der Waals surface area contributed by atoms with Gasteiger partial charge in [-0.15, -0.1) is 0 Å². The van der Waals surface area contributed by atoms with Gasteiger partial charge in [-0.2, -0.15) is 0 Å². The van der Waals surface area contributed by atoms with Crippen molar-refractivity contribution in [1.82, 2.24) is 4.90 Å². The molecule has 0 saturated carbocycles. The van der Waals surface area contributed by atoms with Gasteiger partial charge in [0, 0.05) is 31.1 Å². The molecule has 19 heavy (non-hydrogen) atoms. The molecule has 3 atom stereocenters. The first-order chi connectivity index (χ1) is 9.02. The SMILES string of the molecule is CS(=O)(=O)c1ccc(NC2CCN3CCC2C3)cc1. The molecule has 5 heteroatoms. The normalized spacial score (nSPS) is 30.3. The molecule has 0 spiro atoms. The summed E-state index contributed by atoms with van der Waals surface area (Å²) in [6.45, 7) is 3.62. The quantitative estimate of drug-likeness (QED) is 0.913. The Bertz CT molecular complexity index is 553. The fourth-order valence-corrected chi connectivity index (χ4v) is 3.78. The van der Waals surface area contributed by atoms with E-state index in [0.717, 1.165) is 11.6 Å². The van der Waals surface area contributed by atoms with Crippen molar-refractivity contribution in [3.05, 3.63) is 24.3 Å². The number of nitrogens with zero attached hydrogens (tertiary/aromatic N) is 1. The van der Waals surface area contributed by atoms with Gasteiger partial charge in [0.05, 0.1) is 4.90 Å². The molecule has 0 aromatic heterocycles. The van der Waals surface area contributed by atoms with Crippen LogP contribution >= 0.6 is 0 Å². The second-order valence-electron chi connectivity index (χ2n) is 5.69. The van der Waals surface area contributed by atoms with Crippen LogP contribution in [-0.4, -0.2) is 45.2 Å². The van der Waals surface area contributed by atoms with Gasteiger partial charge in [-0.25, -0.2) is 8.42 Å². The summed E-state index contributed by atoms with van der Waals surface area (Å²) in [6, 6.07) is 7.64. The molecule has 0 radical (unpaired) electrons. The Morgan fingerprint density at radius 3 is 2.53 bits per heavy atom. The van der Waals surface area contributed by atoms with Crippen LogP contribution in [0.2, 0.25) is 0 Å². The fraction of sp³-hybridized carbons (Fsp3) is 0.571. The molecular weight excluding hydrogens is 260 g/mol. The lowest BCUT2D eigenvalue weighted by atomic mass is 9.94. The van der Waals surface area contributed by atoms with Crippen molar-refractivity contribution in [3.8, 4) is 0 Å². The standard InChI is InChI=1S/C14H20N2O2S/c1-19(17,18)13-4-2-12(3-5-13)15-14-7-9-16-8-6-11(14)10-16/h2-5,11,14-15H,6-10H2,1H3. The van der Waals surface area contributed by atoms with E-state index in [1.165, 1.54) is 38.7 Å². The topological polar surface area (TPSA) is 49.4 Å². The molecular formula is C14H20N2O2S. The van der Waals surface area contributed by atoms with Crippen LogP contribution in [0.4, 0.5) is 5.69 Å². The number of piperidine rings is 1. The molecule has 1 aromatic rings. The van der Waals surface area contributed by atoms with Gasteiger partial charge < -0.3 is 10.2 Å². The van der Waals surface area contributed by atoms with Crippen molar-refractivity contribution < 1.29 is 8.42 Å². The molecule has 1 N–H and O–H groups in total. The fourth-order valence-electron chi connectivity index (χ4n) is 3.15. The van der Waals surface area contributed by atoms with Crippen LogP contribution in [-0.2, 0) is 9.84 Å². The lowest BCUT2D eigenvalue weighted by Crippen LogP contribution is -2.39. The number of hydrogen-bond acceptors (Lipinski definition) is 4. The largest absolute Gasteiger partial charge is 0.382 e. The Kier molecular flexibility index (Phi) is 3.27. The van der Waals surface area contributed by atoms with Gasteiger partial charge in [-0.05, 0) is 49.6 Å². The first-order valence-electron chi connectivity index (χ1n) is 6.81. The van der Waals surface area contributed by atoms with E-state index >= 15 is 0 Å². The first-order valence-corrected chi connectivity index (χ1v) is 8.70. The van der Waals surface area contributed by atoms with Crippen LogP contribution in [0.25, 0.3) is 0 Å². The van der Waals surface area contributed by atoms with Crippen molar-refractivity contribution >= 4 is 15.5 Å². The van der Waals surface area contributed by atoms with Crippen molar-refractivity contribution in [3.63, 3.8) is 0 Å². The van der Waals surface area contributed by atoms with Crippen LogP contribution in [0.15, 0.2) is 29.2 Å². The van der Waals surface area contributed by atoms with E-state index in [1.807, 2.05) is 12.1 Å². The van der Waals surface area contributed by atoms with Gasteiger partial charge >= 0.3 is 0 Å². The van der Waals surface area contributed by atoms with Crippen LogP contribution < -0.4 is 5.32 Å². The molecule has 2 fully saturated rings. The smallest absolute Gasteiger partial charge is 0.175 e.